The number of esters is 1. The van der Waals surface area contributed by atoms with Gasteiger partial charge < -0.3 is 4.74 Å². The number of thiazole rings is 1. The maximum Gasteiger partial charge on any atom is 0.416 e. The van der Waals surface area contributed by atoms with E-state index >= 15 is 0 Å². The second-order valence-corrected chi connectivity index (χ2v) is 10.0. The van der Waals surface area contributed by atoms with Crippen LogP contribution in [-0.4, -0.2) is 30.5 Å². The molecule has 6 nitrogen and oxygen atoms in total. The number of alkyl halides is 3. The molecule has 11 heteroatoms. The lowest BCUT2D eigenvalue weighted by Crippen LogP contribution is -2.17. The molecule has 0 radical (unpaired) electrons. The highest BCUT2D eigenvalue weighted by atomic mass is 32.2. The molecule has 0 atom stereocenters. The number of halogens is 3. The van der Waals surface area contributed by atoms with Crippen molar-refractivity contribution in [3.63, 3.8) is 0 Å². The highest BCUT2D eigenvalue weighted by Crippen LogP contribution is 2.36. The molecule has 0 N–H and O–H groups in total. The van der Waals surface area contributed by atoms with Crippen molar-refractivity contribution in [2.45, 2.75) is 30.8 Å². The van der Waals surface area contributed by atoms with Gasteiger partial charge in [0, 0.05) is 11.1 Å². The Labute approximate surface area is 185 Å². The Kier molecular flexibility index (Phi) is 5.49. The Morgan fingerprint density at radius 1 is 1.19 bits per heavy atom. The van der Waals surface area contributed by atoms with Crippen molar-refractivity contribution in [2.24, 2.45) is 0 Å². The van der Waals surface area contributed by atoms with Gasteiger partial charge in [-0.25, -0.2) is 17.4 Å². The van der Waals surface area contributed by atoms with E-state index in [-0.39, 0.29) is 34.3 Å². The third kappa shape index (κ3) is 3.86. The fraction of sp³-hybridized carbons (Fsp3) is 0.238. The first-order valence-electron chi connectivity index (χ1n) is 9.42. The smallest absolute Gasteiger partial charge is 0.416 e. The summed E-state index contributed by atoms with van der Waals surface area (Å²) < 4.78 is 73.2. The van der Waals surface area contributed by atoms with Gasteiger partial charge in [-0.3, -0.25) is 4.79 Å². The predicted molar refractivity (Wildman–Crippen MR) is 114 cm³/mol. The van der Waals surface area contributed by atoms with Gasteiger partial charge in [0.1, 0.15) is 4.90 Å². The molecule has 0 spiro atoms. The molecule has 2 aromatic carbocycles. The predicted octanol–water partition coefficient (Wildman–Crippen LogP) is 4.92. The molecule has 0 unspecified atom stereocenters. The van der Waals surface area contributed by atoms with Crippen LogP contribution in [0, 0.1) is 6.92 Å². The number of nitrogens with zero attached hydrogens (tertiary/aromatic N) is 2. The van der Waals surface area contributed by atoms with Crippen molar-refractivity contribution < 1.29 is 31.1 Å². The van der Waals surface area contributed by atoms with E-state index in [1.165, 1.54) is 30.6 Å². The van der Waals surface area contributed by atoms with Crippen molar-refractivity contribution in [3.05, 3.63) is 58.7 Å². The van der Waals surface area contributed by atoms with Crippen molar-refractivity contribution in [3.8, 4) is 0 Å². The van der Waals surface area contributed by atoms with Gasteiger partial charge >= 0.3 is 12.1 Å². The average molecular weight is 483 g/mol. The topological polar surface area (TPSA) is 78.3 Å². The molecule has 4 aromatic rings. The van der Waals surface area contributed by atoms with E-state index in [2.05, 4.69) is 9.72 Å². The summed E-state index contributed by atoms with van der Waals surface area (Å²) in [7, 11) is -3.01. The molecule has 32 heavy (non-hydrogen) atoms. The highest BCUT2D eigenvalue weighted by molar-refractivity contribution is 7.90. The molecule has 2 heterocycles. The van der Waals surface area contributed by atoms with Gasteiger partial charge in [0.05, 0.1) is 39.8 Å². The minimum absolute atomic E-state index is 0.00249. The summed E-state index contributed by atoms with van der Waals surface area (Å²) in [6.07, 6.45) is -4.73. The summed E-state index contributed by atoms with van der Waals surface area (Å²) in [5.41, 5.74) is -0.0983. The zero-order chi connectivity index (χ0) is 23.3. The summed E-state index contributed by atoms with van der Waals surface area (Å²) in [5.74, 6) is -0.560. The fourth-order valence-electron chi connectivity index (χ4n) is 3.55. The number of carbonyl (C=O) groups is 1. The zero-order valence-corrected chi connectivity index (χ0v) is 18.6. The van der Waals surface area contributed by atoms with Crippen LogP contribution in [0.15, 0.2) is 47.4 Å². The van der Waals surface area contributed by atoms with Crippen molar-refractivity contribution in [1.29, 1.82) is 0 Å². The van der Waals surface area contributed by atoms with Gasteiger partial charge in [-0.15, -0.1) is 11.3 Å². The summed E-state index contributed by atoms with van der Waals surface area (Å²) in [5, 5.41) is 0.789. The summed E-state index contributed by atoms with van der Waals surface area (Å²) in [6, 6.07) is 8.94. The molecule has 0 aliphatic carbocycles. The number of hydrogen-bond acceptors (Lipinski definition) is 6. The van der Waals surface area contributed by atoms with Crippen LogP contribution in [0.5, 0.6) is 0 Å². The molecule has 0 aliphatic heterocycles. The van der Waals surface area contributed by atoms with Crippen LogP contribution in [0.4, 0.5) is 13.2 Å². The van der Waals surface area contributed by atoms with Crippen molar-refractivity contribution >= 4 is 48.4 Å². The Hall–Kier alpha value is -2.92. The molecule has 0 bridgehead atoms. The number of ether oxygens (including phenoxy) is 1. The third-order valence-corrected chi connectivity index (χ3v) is 7.93. The standard InChI is InChI=1S/C21H17F3N2O4S2/c1-12-25-16-4-3-5-18(20(16)31-12)32(28,29)26-15(7-9-19(27)30-2)11-13-10-14(21(22,23)24)6-8-17(13)26/h3-6,8,10-11H,7,9H2,1-2H3. The molecular weight excluding hydrogens is 465 g/mol. The van der Waals surface area contributed by atoms with E-state index in [1.54, 1.807) is 19.1 Å². The molecule has 0 saturated carbocycles. The van der Waals surface area contributed by atoms with Gasteiger partial charge in [0.2, 0.25) is 0 Å². The van der Waals surface area contributed by atoms with Crippen LogP contribution in [0.3, 0.4) is 0 Å². The maximum atomic E-state index is 13.8. The number of fused-ring (bicyclic) bond motifs is 2. The monoisotopic (exact) mass is 482 g/mol. The largest absolute Gasteiger partial charge is 0.469 e. The van der Waals surface area contributed by atoms with Gasteiger partial charge in [0.15, 0.2) is 0 Å². The molecule has 4 rings (SSSR count). The molecule has 168 valence electrons. The van der Waals surface area contributed by atoms with Gasteiger partial charge in [-0.2, -0.15) is 13.2 Å². The quantitative estimate of drug-likeness (QED) is 0.377. The lowest BCUT2D eigenvalue weighted by atomic mass is 10.1. The number of hydrogen-bond donors (Lipinski definition) is 0. The summed E-state index contributed by atoms with van der Waals surface area (Å²) in [6.45, 7) is 1.76. The highest BCUT2D eigenvalue weighted by Gasteiger charge is 2.32. The van der Waals surface area contributed by atoms with E-state index in [0.717, 1.165) is 22.2 Å². The van der Waals surface area contributed by atoms with Crippen LogP contribution < -0.4 is 0 Å². The molecule has 2 aromatic heterocycles. The molecule has 0 amide bonds. The number of methoxy groups -OCH3 is 1. The Bertz CT molecular complexity index is 1450. The van der Waals surface area contributed by atoms with Crippen molar-refractivity contribution in [1.82, 2.24) is 8.96 Å². The number of benzene rings is 2. The molecular formula is C21H17F3N2O4S2. The minimum Gasteiger partial charge on any atom is -0.469 e. The van der Waals surface area contributed by atoms with Crippen LogP contribution in [0.2, 0.25) is 0 Å². The lowest BCUT2D eigenvalue weighted by molar-refractivity contribution is -0.140. The SMILES string of the molecule is COC(=O)CCc1cc2cc(C(F)(F)F)ccc2n1S(=O)(=O)c1cccc2nc(C)sc12. The van der Waals surface area contributed by atoms with Gasteiger partial charge in [0.25, 0.3) is 10.0 Å². The second-order valence-electron chi connectivity index (χ2n) is 7.09. The Balaban J connectivity index is 1.96. The number of aromatic nitrogens is 2. The first kappa shape index (κ1) is 22.3. The van der Waals surface area contributed by atoms with Crippen LogP contribution in [0.1, 0.15) is 22.7 Å². The third-order valence-electron chi connectivity index (χ3n) is 4.97. The molecule has 0 saturated heterocycles. The van der Waals surface area contributed by atoms with E-state index in [0.29, 0.717) is 15.2 Å². The second kappa shape index (κ2) is 7.89. The minimum atomic E-state index is -4.58. The van der Waals surface area contributed by atoms with E-state index in [9.17, 15) is 26.4 Å². The van der Waals surface area contributed by atoms with E-state index in [1.807, 2.05) is 0 Å². The van der Waals surface area contributed by atoms with E-state index < -0.39 is 27.7 Å². The molecule has 0 fully saturated rings. The van der Waals surface area contributed by atoms with Crippen LogP contribution >= 0.6 is 11.3 Å². The number of carbonyl (C=O) groups excluding carboxylic acids is 1. The summed E-state index contributed by atoms with van der Waals surface area (Å²) >= 11 is 1.22. The van der Waals surface area contributed by atoms with Crippen LogP contribution in [0.25, 0.3) is 21.1 Å². The number of rotatable bonds is 5. The van der Waals surface area contributed by atoms with Gasteiger partial charge in [-0.1, -0.05) is 6.07 Å². The van der Waals surface area contributed by atoms with Crippen LogP contribution in [-0.2, 0) is 32.2 Å². The summed E-state index contributed by atoms with van der Waals surface area (Å²) in [4.78, 5) is 16.0. The van der Waals surface area contributed by atoms with Gasteiger partial charge in [-0.05, 0) is 49.7 Å². The normalized spacial score (nSPS) is 12.5. The molecule has 0 aliphatic rings. The van der Waals surface area contributed by atoms with E-state index in [4.69, 9.17) is 0 Å². The Morgan fingerprint density at radius 3 is 2.62 bits per heavy atom. The zero-order valence-electron chi connectivity index (χ0n) is 16.9. The Morgan fingerprint density at radius 2 is 1.94 bits per heavy atom. The fourth-order valence-corrected chi connectivity index (χ4v) is 6.48. The maximum absolute atomic E-state index is 13.8. The number of aryl methyl sites for hydroxylation is 2. The average Bonchev–Trinajstić information content (AvgIpc) is 3.29. The van der Waals surface area contributed by atoms with Crippen molar-refractivity contribution in [2.75, 3.05) is 7.11 Å². The lowest BCUT2D eigenvalue weighted by Gasteiger charge is -2.13. The first-order valence-corrected chi connectivity index (χ1v) is 11.7. The first-order chi connectivity index (χ1) is 15.0.